The van der Waals surface area contributed by atoms with Crippen LogP contribution in [-0.2, 0) is 20.7 Å². The fourth-order valence-corrected chi connectivity index (χ4v) is 3.90. The Hall–Kier alpha value is -4.43. The van der Waals surface area contributed by atoms with Crippen molar-refractivity contribution >= 4 is 52.4 Å². The van der Waals surface area contributed by atoms with Crippen molar-refractivity contribution in [3.05, 3.63) is 100 Å². The minimum Gasteiger partial charge on any atom is -0.465 e. The molecule has 0 atom stereocenters. The van der Waals surface area contributed by atoms with Crippen molar-refractivity contribution < 1.29 is 23.9 Å². The molecule has 0 aromatic heterocycles. The minimum absolute atomic E-state index is 0.0881. The van der Waals surface area contributed by atoms with Crippen molar-refractivity contribution in [2.24, 2.45) is 0 Å². The molecule has 0 saturated heterocycles. The van der Waals surface area contributed by atoms with Crippen LogP contribution in [0, 0.1) is 0 Å². The standard InChI is InChI=1S/C27H22ClN3O5/c1-3-16-11-13-19(14-12-16)31-25(33)22(28)23(26(31)34)29-18-8-6-7-17(15-18)24(32)30-21-10-5-4-9-20(21)27(35)36-2/h4-15,29H,3H2,1-2H3,(H,30,32). The van der Waals surface area contributed by atoms with Crippen molar-refractivity contribution in [3.63, 3.8) is 0 Å². The molecule has 0 saturated carbocycles. The van der Waals surface area contributed by atoms with E-state index in [1.807, 2.05) is 19.1 Å². The van der Waals surface area contributed by atoms with E-state index >= 15 is 0 Å². The van der Waals surface area contributed by atoms with Gasteiger partial charge in [-0.15, -0.1) is 0 Å². The van der Waals surface area contributed by atoms with Gasteiger partial charge in [-0.05, 0) is 54.4 Å². The normalized spacial score (nSPS) is 13.1. The second kappa shape index (κ2) is 10.5. The first-order chi connectivity index (χ1) is 17.3. The fraction of sp³-hybridized carbons (Fsp3) is 0.111. The topological polar surface area (TPSA) is 105 Å². The summed E-state index contributed by atoms with van der Waals surface area (Å²) < 4.78 is 4.76. The molecule has 182 valence electrons. The second-order valence-corrected chi connectivity index (χ2v) is 8.23. The van der Waals surface area contributed by atoms with Gasteiger partial charge in [0, 0.05) is 11.3 Å². The largest absolute Gasteiger partial charge is 0.465 e. The van der Waals surface area contributed by atoms with Gasteiger partial charge in [-0.25, -0.2) is 9.69 Å². The van der Waals surface area contributed by atoms with Crippen LogP contribution >= 0.6 is 11.6 Å². The summed E-state index contributed by atoms with van der Waals surface area (Å²) >= 11 is 6.23. The lowest BCUT2D eigenvalue weighted by Gasteiger charge is -2.15. The Morgan fingerprint density at radius 2 is 1.67 bits per heavy atom. The molecule has 0 bridgehead atoms. The molecule has 0 spiro atoms. The molecule has 3 aromatic carbocycles. The number of ether oxygens (including phenoxy) is 1. The molecule has 36 heavy (non-hydrogen) atoms. The first-order valence-corrected chi connectivity index (χ1v) is 11.4. The van der Waals surface area contributed by atoms with E-state index in [0.717, 1.165) is 16.9 Å². The molecule has 1 aliphatic heterocycles. The third kappa shape index (κ3) is 4.85. The van der Waals surface area contributed by atoms with Crippen LogP contribution in [-0.4, -0.2) is 30.8 Å². The highest BCUT2D eigenvalue weighted by atomic mass is 35.5. The van der Waals surface area contributed by atoms with E-state index in [-0.39, 0.29) is 21.9 Å². The third-order valence-electron chi connectivity index (χ3n) is 5.60. The maximum Gasteiger partial charge on any atom is 0.339 e. The lowest BCUT2D eigenvalue weighted by atomic mass is 10.1. The molecule has 2 N–H and O–H groups in total. The number of rotatable bonds is 7. The molecule has 9 heteroatoms. The van der Waals surface area contributed by atoms with Crippen LogP contribution in [0.4, 0.5) is 17.1 Å². The van der Waals surface area contributed by atoms with Gasteiger partial charge in [-0.2, -0.15) is 0 Å². The number of methoxy groups -OCH3 is 1. The van der Waals surface area contributed by atoms with Crippen molar-refractivity contribution in [2.45, 2.75) is 13.3 Å². The molecular weight excluding hydrogens is 482 g/mol. The summed E-state index contributed by atoms with van der Waals surface area (Å²) in [5, 5.41) is 5.31. The maximum atomic E-state index is 13.1. The highest BCUT2D eigenvalue weighted by Gasteiger charge is 2.39. The lowest BCUT2D eigenvalue weighted by molar-refractivity contribution is -0.120. The molecule has 0 aliphatic carbocycles. The molecule has 1 aliphatic rings. The van der Waals surface area contributed by atoms with Gasteiger partial charge in [-0.1, -0.05) is 48.9 Å². The summed E-state index contributed by atoms with van der Waals surface area (Å²) in [6, 6.07) is 19.9. The van der Waals surface area contributed by atoms with Gasteiger partial charge in [0.1, 0.15) is 10.7 Å². The average molecular weight is 504 g/mol. The number of carbonyl (C=O) groups is 4. The number of amides is 3. The van der Waals surface area contributed by atoms with Crippen LogP contribution in [0.25, 0.3) is 0 Å². The summed E-state index contributed by atoms with van der Waals surface area (Å²) in [7, 11) is 1.26. The average Bonchev–Trinajstić information content (AvgIpc) is 3.11. The van der Waals surface area contributed by atoms with Crippen LogP contribution in [0.5, 0.6) is 0 Å². The van der Waals surface area contributed by atoms with Crippen LogP contribution in [0.15, 0.2) is 83.5 Å². The van der Waals surface area contributed by atoms with Crippen molar-refractivity contribution in [1.82, 2.24) is 0 Å². The highest BCUT2D eigenvalue weighted by molar-refractivity contribution is 6.53. The number of carbonyl (C=O) groups excluding carboxylic acids is 4. The molecule has 3 aromatic rings. The van der Waals surface area contributed by atoms with Crippen LogP contribution in [0.1, 0.15) is 33.2 Å². The first kappa shape index (κ1) is 24.7. The van der Waals surface area contributed by atoms with Gasteiger partial charge in [0.15, 0.2) is 0 Å². The minimum atomic E-state index is -0.637. The maximum absolute atomic E-state index is 13.1. The predicted molar refractivity (Wildman–Crippen MR) is 137 cm³/mol. The zero-order valence-electron chi connectivity index (χ0n) is 19.5. The summed E-state index contributed by atoms with van der Waals surface area (Å²) in [5.41, 5.74) is 2.52. The van der Waals surface area contributed by atoms with Crippen molar-refractivity contribution in [1.29, 1.82) is 0 Å². The van der Waals surface area contributed by atoms with E-state index in [9.17, 15) is 19.2 Å². The Morgan fingerprint density at radius 1 is 0.944 bits per heavy atom. The van der Waals surface area contributed by atoms with Crippen LogP contribution in [0.3, 0.4) is 0 Å². The Kier molecular flexibility index (Phi) is 7.17. The number of benzene rings is 3. The van der Waals surface area contributed by atoms with Gasteiger partial charge in [-0.3, -0.25) is 14.4 Å². The molecule has 0 fully saturated rings. The number of nitrogens with zero attached hydrogens (tertiary/aromatic N) is 1. The Labute approximate surface area is 212 Å². The van der Waals surface area contributed by atoms with E-state index in [4.69, 9.17) is 16.3 Å². The van der Waals surface area contributed by atoms with E-state index in [1.165, 1.54) is 19.2 Å². The monoisotopic (exact) mass is 503 g/mol. The molecule has 4 rings (SSSR count). The molecule has 8 nitrogen and oxygen atoms in total. The zero-order valence-corrected chi connectivity index (χ0v) is 20.3. The van der Waals surface area contributed by atoms with Gasteiger partial charge in [0.25, 0.3) is 17.7 Å². The Balaban J connectivity index is 1.53. The Morgan fingerprint density at radius 3 is 2.36 bits per heavy atom. The summed E-state index contributed by atoms with van der Waals surface area (Å²) in [6.45, 7) is 2.01. The lowest BCUT2D eigenvalue weighted by Crippen LogP contribution is -2.32. The van der Waals surface area contributed by atoms with Gasteiger partial charge < -0.3 is 15.4 Å². The van der Waals surface area contributed by atoms with E-state index in [2.05, 4.69) is 10.6 Å². The quantitative estimate of drug-likeness (QED) is 0.357. The van der Waals surface area contributed by atoms with Gasteiger partial charge >= 0.3 is 5.97 Å². The summed E-state index contributed by atoms with van der Waals surface area (Å²) in [4.78, 5) is 51.7. The second-order valence-electron chi connectivity index (χ2n) is 7.85. The van der Waals surface area contributed by atoms with E-state index in [0.29, 0.717) is 17.1 Å². The summed E-state index contributed by atoms with van der Waals surface area (Å²) in [5.74, 6) is -2.31. The number of anilines is 3. The SMILES string of the molecule is CCc1ccc(N2C(=O)C(Cl)=C(Nc3cccc(C(=O)Nc4ccccc4C(=O)OC)c3)C2=O)cc1. The number of esters is 1. The van der Waals surface area contributed by atoms with Gasteiger partial charge in [0.05, 0.1) is 24.0 Å². The number of para-hydroxylation sites is 1. The summed E-state index contributed by atoms with van der Waals surface area (Å²) in [6.07, 6.45) is 0.826. The number of hydrogen-bond donors (Lipinski definition) is 2. The molecule has 0 radical (unpaired) electrons. The van der Waals surface area contributed by atoms with Crippen molar-refractivity contribution in [2.75, 3.05) is 22.6 Å². The molecule has 1 heterocycles. The van der Waals surface area contributed by atoms with Gasteiger partial charge in [0.2, 0.25) is 0 Å². The number of imide groups is 1. The van der Waals surface area contributed by atoms with Crippen LogP contribution in [0.2, 0.25) is 0 Å². The highest BCUT2D eigenvalue weighted by Crippen LogP contribution is 2.30. The van der Waals surface area contributed by atoms with Crippen LogP contribution < -0.4 is 15.5 Å². The number of halogens is 1. The number of nitrogens with one attached hydrogen (secondary N) is 2. The van der Waals surface area contributed by atoms with E-state index in [1.54, 1.807) is 48.5 Å². The first-order valence-electron chi connectivity index (χ1n) is 11.1. The number of hydrogen-bond acceptors (Lipinski definition) is 6. The Bertz CT molecular complexity index is 1400. The van der Waals surface area contributed by atoms with Crippen molar-refractivity contribution in [3.8, 4) is 0 Å². The molecular formula is C27H22ClN3O5. The molecule has 3 amide bonds. The molecule has 0 unspecified atom stereocenters. The predicted octanol–water partition coefficient (Wildman–Crippen LogP) is 4.72. The number of aryl methyl sites for hydroxylation is 1. The van der Waals surface area contributed by atoms with E-state index < -0.39 is 23.7 Å². The zero-order chi connectivity index (χ0) is 25.8. The third-order valence-corrected chi connectivity index (χ3v) is 5.96. The smallest absolute Gasteiger partial charge is 0.339 e. The fourth-order valence-electron chi connectivity index (χ4n) is 3.68.